The van der Waals surface area contributed by atoms with Crippen LogP contribution in [-0.4, -0.2) is 37.8 Å². The Balaban J connectivity index is 1.85. The molecule has 1 fully saturated rings. The first-order valence-electron chi connectivity index (χ1n) is 9.09. The summed E-state index contributed by atoms with van der Waals surface area (Å²) in [5.41, 5.74) is 1.28. The van der Waals surface area contributed by atoms with E-state index in [9.17, 15) is 22.4 Å². The molecule has 2 aromatic carbocycles. The number of halogens is 1. The highest BCUT2D eigenvalue weighted by Gasteiger charge is 2.30. The normalized spacial score (nSPS) is 18.3. The molecule has 0 bridgehead atoms. The van der Waals surface area contributed by atoms with Crippen LogP contribution in [0.1, 0.15) is 27.9 Å². The van der Waals surface area contributed by atoms with Crippen LogP contribution in [0.2, 0.25) is 0 Å². The Kier molecular flexibility index (Phi) is 6.12. The van der Waals surface area contributed by atoms with E-state index in [1.807, 2.05) is 6.92 Å². The number of hydrogen-bond acceptors (Lipinski definition) is 4. The lowest BCUT2D eigenvalue weighted by Crippen LogP contribution is -2.41. The number of carbonyl (C=O) groups is 2. The van der Waals surface area contributed by atoms with Gasteiger partial charge in [0, 0.05) is 17.2 Å². The predicted molar refractivity (Wildman–Crippen MR) is 108 cm³/mol. The summed E-state index contributed by atoms with van der Waals surface area (Å²) >= 11 is 0. The van der Waals surface area contributed by atoms with Crippen LogP contribution in [0.5, 0.6) is 0 Å². The third kappa shape index (κ3) is 5.51. The summed E-state index contributed by atoms with van der Waals surface area (Å²) < 4.78 is 37.3. The standard InChI is InChI=1S/C21H21FN2O4S/c1-14-6-8-15(9-7-14)20(25)24-19(12-16-4-2-3-5-18(16)22)21(26)23-17-10-11-29(27,28)13-17/h2-9,12,17H,10-11,13H2,1H3,(H,23,26)(H,24,25)/b19-12-/t17-/m0/s1. The summed E-state index contributed by atoms with van der Waals surface area (Å²) in [6.07, 6.45) is 1.53. The highest BCUT2D eigenvalue weighted by molar-refractivity contribution is 7.91. The topological polar surface area (TPSA) is 92.3 Å². The number of amides is 2. The van der Waals surface area contributed by atoms with Crippen LogP contribution in [0.25, 0.3) is 6.08 Å². The van der Waals surface area contributed by atoms with Gasteiger partial charge in [-0.1, -0.05) is 35.9 Å². The third-order valence-electron chi connectivity index (χ3n) is 4.58. The van der Waals surface area contributed by atoms with Crippen LogP contribution in [0.3, 0.4) is 0 Å². The summed E-state index contributed by atoms with van der Waals surface area (Å²) in [7, 11) is -3.18. The van der Waals surface area contributed by atoms with Crippen molar-refractivity contribution in [1.29, 1.82) is 0 Å². The molecule has 2 amide bonds. The molecular formula is C21H21FN2O4S. The van der Waals surface area contributed by atoms with Crippen LogP contribution in [0.4, 0.5) is 4.39 Å². The van der Waals surface area contributed by atoms with E-state index in [2.05, 4.69) is 10.6 Å². The van der Waals surface area contributed by atoms with Crippen molar-refractivity contribution in [2.45, 2.75) is 19.4 Å². The molecule has 1 atom stereocenters. The Labute approximate surface area is 168 Å². The molecule has 3 rings (SSSR count). The van der Waals surface area contributed by atoms with E-state index in [1.54, 1.807) is 30.3 Å². The van der Waals surface area contributed by atoms with Gasteiger partial charge in [-0.25, -0.2) is 12.8 Å². The first-order chi connectivity index (χ1) is 13.7. The van der Waals surface area contributed by atoms with Crippen molar-refractivity contribution in [3.8, 4) is 0 Å². The molecule has 1 saturated heterocycles. The van der Waals surface area contributed by atoms with Gasteiger partial charge in [0.05, 0.1) is 11.5 Å². The van der Waals surface area contributed by atoms with Gasteiger partial charge < -0.3 is 10.6 Å². The Morgan fingerprint density at radius 2 is 1.79 bits per heavy atom. The SMILES string of the molecule is Cc1ccc(C(=O)N/C(=C\c2ccccc2F)C(=O)N[C@H]2CCS(=O)(=O)C2)cc1. The summed E-state index contributed by atoms with van der Waals surface area (Å²) in [6, 6.07) is 12.0. The second-order valence-corrected chi connectivity index (χ2v) is 9.20. The maximum absolute atomic E-state index is 14.1. The number of carbonyl (C=O) groups excluding carboxylic acids is 2. The minimum Gasteiger partial charge on any atom is -0.347 e. The molecule has 0 aliphatic carbocycles. The van der Waals surface area contributed by atoms with E-state index in [-0.39, 0.29) is 22.8 Å². The zero-order chi connectivity index (χ0) is 21.0. The number of aryl methyl sites for hydroxylation is 1. The van der Waals surface area contributed by atoms with Crippen LogP contribution >= 0.6 is 0 Å². The zero-order valence-electron chi connectivity index (χ0n) is 15.8. The molecule has 8 heteroatoms. The fourth-order valence-corrected chi connectivity index (χ4v) is 4.65. The van der Waals surface area contributed by atoms with Crippen LogP contribution in [0, 0.1) is 12.7 Å². The van der Waals surface area contributed by atoms with Crippen molar-refractivity contribution in [3.63, 3.8) is 0 Å². The van der Waals surface area contributed by atoms with Crippen molar-refractivity contribution in [3.05, 3.63) is 76.7 Å². The van der Waals surface area contributed by atoms with E-state index in [1.165, 1.54) is 24.3 Å². The minimum absolute atomic E-state index is 0.0000330. The van der Waals surface area contributed by atoms with Crippen molar-refractivity contribution >= 4 is 27.7 Å². The molecule has 1 heterocycles. The quantitative estimate of drug-likeness (QED) is 0.731. The lowest BCUT2D eigenvalue weighted by Gasteiger charge is -2.15. The maximum atomic E-state index is 14.1. The third-order valence-corrected chi connectivity index (χ3v) is 6.35. The summed E-state index contributed by atoms with van der Waals surface area (Å²) in [5.74, 6) is -1.90. The Morgan fingerprint density at radius 1 is 1.10 bits per heavy atom. The molecule has 1 aliphatic heterocycles. The highest BCUT2D eigenvalue weighted by Crippen LogP contribution is 2.14. The van der Waals surface area contributed by atoms with Gasteiger partial charge in [-0.2, -0.15) is 0 Å². The predicted octanol–water partition coefficient (Wildman–Crippen LogP) is 2.21. The van der Waals surface area contributed by atoms with Gasteiger partial charge >= 0.3 is 0 Å². The van der Waals surface area contributed by atoms with Gasteiger partial charge in [0.15, 0.2) is 9.84 Å². The van der Waals surface area contributed by atoms with Gasteiger partial charge in [-0.05, 0) is 37.6 Å². The van der Waals surface area contributed by atoms with Crippen molar-refractivity contribution < 1.29 is 22.4 Å². The van der Waals surface area contributed by atoms with Crippen molar-refractivity contribution in [2.24, 2.45) is 0 Å². The number of benzene rings is 2. The monoisotopic (exact) mass is 416 g/mol. The smallest absolute Gasteiger partial charge is 0.268 e. The van der Waals surface area contributed by atoms with E-state index in [0.717, 1.165) is 5.56 Å². The molecule has 29 heavy (non-hydrogen) atoms. The highest BCUT2D eigenvalue weighted by atomic mass is 32.2. The molecule has 0 aromatic heterocycles. The molecule has 2 N–H and O–H groups in total. The maximum Gasteiger partial charge on any atom is 0.268 e. The molecule has 1 aliphatic rings. The number of nitrogens with one attached hydrogen (secondary N) is 2. The molecule has 152 valence electrons. The molecule has 2 aromatic rings. The molecular weight excluding hydrogens is 395 g/mol. The fraction of sp³-hybridized carbons (Fsp3) is 0.238. The first-order valence-corrected chi connectivity index (χ1v) is 10.9. The van der Waals surface area contributed by atoms with Crippen LogP contribution < -0.4 is 10.6 Å². The average Bonchev–Trinajstić information content (AvgIpc) is 3.01. The van der Waals surface area contributed by atoms with Crippen LogP contribution in [0.15, 0.2) is 54.2 Å². The van der Waals surface area contributed by atoms with Gasteiger partial charge in [-0.15, -0.1) is 0 Å². The van der Waals surface area contributed by atoms with Gasteiger partial charge in [0.2, 0.25) is 0 Å². The summed E-state index contributed by atoms with van der Waals surface area (Å²) in [5, 5.41) is 5.13. The van der Waals surface area contributed by atoms with Crippen molar-refractivity contribution in [1.82, 2.24) is 10.6 Å². The van der Waals surface area contributed by atoms with E-state index in [0.29, 0.717) is 12.0 Å². The number of sulfone groups is 1. The Morgan fingerprint density at radius 3 is 2.41 bits per heavy atom. The zero-order valence-corrected chi connectivity index (χ0v) is 16.6. The Hall–Kier alpha value is -3.00. The fourth-order valence-electron chi connectivity index (χ4n) is 2.98. The molecule has 0 unspecified atom stereocenters. The number of rotatable bonds is 5. The largest absolute Gasteiger partial charge is 0.347 e. The van der Waals surface area contributed by atoms with E-state index in [4.69, 9.17) is 0 Å². The molecule has 0 saturated carbocycles. The lowest BCUT2D eigenvalue weighted by atomic mass is 10.1. The molecule has 0 spiro atoms. The van der Waals surface area contributed by atoms with Crippen molar-refractivity contribution in [2.75, 3.05) is 11.5 Å². The van der Waals surface area contributed by atoms with Gasteiger partial charge in [-0.3, -0.25) is 9.59 Å². The Bertz CT molecular complexity index is 1060. The number of hydrogen-bond donors (Lipinski definition) is 2. The minimum atomic E-state index is -3.18. The lowest BCUT2D eigenvalue weighted by molar-refractivity contribution is -0.118. The summed E-state index contributed by atoms with van der Waals surface area (Å²) in [6.45, 7) is 1.88. The van der Waals surface area contributed by atoms with Gasteiger partial charge in [0.25, 0.3) is 11.8 Å². The molecule has 0 radical (unpaired) electrons. The summed E-state index contributed by atoms with van der Waals surface area (Å²) in [4.78, 5) is 25.3. The van der Waals surface area contributed by atoms with E-state index < -0.39 is 33.5 Å². The second kappa shape index (κ2) is 8.57. The first kappa shape index (κ1) is 20.7. The van der Waals surface area contributed by atoms with E-state index >= 15 is 0 Å². The van der Waals surface area contributed by atoms with Crippen LogP contribution in [-0.2, 0) is 14.6 Å². The average molecular weight is 416 g/mol. The second-order valence-electron chi connectivity index (χ2n) is 6.97. The van der Waals surface area contributed by atoms with Gasteiger partial charge in [0.1, 0.15) is 11.5 Å². The molecule has 6 nitrogen and oxygen atoms in total.